The second kappa shape index (κ2) is 15.0. The summed E-state index contributed by atoms with van der Waals surface area (Å²) < 4.78 is 17.1. The lowest BCUT2D eigenvalue weighted by Crippen LogP contribution is -2.46. The third-order valence-corrected chi connectivity index (χ3v) is 9.92. The number of carbonyl (C=O) groups excluding carboxylic acids is 1. The SMILES string of the molecule is O=C(CCCCCCCCc1ccccc1)NC1CCC(n2c(=O)c3cc(F)cnc3n(C3CCSCC3)c2=O)CC1. The van der Waals surface area contributed by atoms with Gasteiger partial charge in [0.15, 0.2) is 0 Å². The summed E-state index contributed by atoms with van der Waals surface area (Å²) in [5, 5.41) is 3.34. The molecule has 1 aliphatic heterocycles. The number of rotatable bonds is 12. The van der Waals surface area contributed by atoms with E-state index in [4.69, 9.17) is 0 Å². The van der Waals surface area contributed by atoms with Crippen molar-refractivity contribution in [2.45, 2.75) is 108 Å². The molecule has 1 N–H and O–H groups in total. The quantitative estimate of drug-likeness (QED) is 0.248. The molecule has 9 heteroatoms. The smallest absolute Gasteiger partial charge is 0.333 e. The fraction of sp³-hybridized carbons (Fsp3) is 0.576. The summed E-state index contributed by atoms with van der Waals surface area (Å²) in [7, 11) is 0. The second-order valence-electron chi connectivity index (χ2n) is 11.9. The maximum atomic E-state index is 14.1. The van der Waals surface area contributed by atoms with E-state index in [0.29, 0.717) is 32.1 Å². The highest BCUT2D eigenvalue weighted by Gasteiger charge is 2.29. The number of benzene rings is 1. The molecule has 1 saturated carbocycles. The molecule has 2 fully saturated rings. The van der Waals surface area contributed by atoms with Crippen molar-refractivity contribution < 1.29 is 9.18 Å². The highest BCUT2D eigenvalue weighted by atomic mass is 32.2. The van der Waals surface area contributed by atoms with Crippen LogP contribution in [0.3, 0.4) is 0 Å². The van der Waals surface area contributed by atoms with Crippen molar-refractivity contribution in [3.05, 3.63) is 74.8 Å². The van der Waals surface area contributed by atoms with Gasteiger partial charge in [-0.3, -0.25) is 18.7 Å². The average Bonchev–Trinajstić information content (AvgIpc) is 3.01. The van der Waals surface area contributed by atoms with Gasteiger partial charge in [0, 0.05) is 24.5 Å². The first-order valence-corrected chi connectivity index (χ1v) is 16.9. The van der Waals surface area contributed by atoms with E-state index < -0.39 is 11.4 Å². The Hall–Kier alpha value is -2.94. The number of nitrogens with one attached hydrogen (secondary N) is 1. The fourth-order valence-electron chi connectivity index (χ4n) is 6.54. The maximum absolute atomic E-state index is 14.1. The van der Waals surface area contributed by atoms with Crippen molar-refractivity contribution >= 4 is 28.7 Å². The third kappa shape index (κ3) is 7.71. The van der Waals surface area contributed by atoms with Crippen molar-refractivity contribution in [1.29, 1.82) is 0 Å². The summed E-state index contributed by atoms with van der Waals surface area (Å²) in [6.07, 6.45) is 13.8. The molecule has 0 radical (unpaired) electrons. The lowest BCUT2D eigenvalue weighted by Gasteiger charge is -2.31. The number of halogens is 1. The minimum absolute atomic E-state index is 0.0454. The van der Waals surface area contributed by atoms with Gasteiger partial charge in [-0.05, 0) is 80.9 Å². The van der Waals surface area contributed by atoms with E-state index >= 15 is 0 Å². The molecule has 0 bridgehead atoms. The molecule has 0 atom stereocenters. The summed E-state index contributed by atoms with van der Waals surface area (Å²) >= 11 is 1.86. The van der Waals surface area contributed by atoms with Crippen LogP contribution in [0.15, 0.2) is 52.2 Å². The van der Waals surface area contributed by atoms with E-state index in [1.165, 1.54) is 35.5 Å². The number of thioether (sulfide) groups is 1. The first-order chi connectivity index (χ1) is 20.5. The van der Waals surface area contributed by atoms with Gasteiger partial charge in [0.25, 0.3) is 5.56 Å². The van der Waals surface area contributed by atoms with Crippen molar-refractivity contribution in [1.82, 2.24) is 19.4 Å². The van der Waals surface area contributed by atoms with Crippen LogP contribution in [0, 0.1) is 5.82 Å². The Morgan fingerprint density at radius 1 is 0.881 bits per heavy atom. The second-order valence-corrected chi connectivity index (χ2v) is 13.1. The van der Waals surface area contributed by atoms with Gasteiger partial charge in [-0.1, -0.05) is 56.0 Å². The van der Waals surface area contributed by atoms with Crippen LogP contribution in [0.5, 0.6) is 0 Å². The summed E-state index contributed by atoms with van der Waals surface area (Å²) in [5.74, 6) is 1.39. The molecule has 2 aliphatic rings. The van der Waals surface area contributed by atoms with E-state index in [1.54, 1.807) is 4.57 Å². The number of aromatic nitrogens is 3. The van der Waals surface area contributed by atoms with Crippen molar-refractivity contribution in [2.75, 3.05) is 11.5 Å². The van der Waals surface area contributed by atoms with E-state index in [2.05, 4.69) is 40.6 Å². The molecule has 0 spiro atoms. The van der Waals surface area contributed by atoms with Gasteiger partial charge < -0.3 is 5.32 Å². The molecular formula is C33H43FN4O3S. The predicted molar refractivity (Wildman–Crippen MR) is 168 cm³/mol. The number of amides is 1. The Kier molecular flexibility index (Phi) is 10.9. The van der Waals surface area contributed by atoms with Crippen LogP contribution < -0.4 is 16.6 Å². The Bertz CT molecular complexity index is 1440. The lowest BCUT2D eigenvalue weighted by atomic mass is 9.90. The molecular weight excluding hydrogens is 551 g/mol. The number of pyridine rings is 1. The highest BCUT2D eigenvalue weighted by Crippen LogP contribution is 2.30. The zero-order chi connectivity index (χ0) is 29.3. The van der Waals surface area contributed by atoms with Crippen molar-refractivity contribution in [3.8, 4) is 0 Å². The zero-order valence-electron chi connectivity index (χ0n) is 24.4. The van der Waals surface area contributed by atoms with Crippen molar-refractivity contribution in [3.63, 3.8) is 0 Å². The van der Waals surface area contributed by atoms with Gasteiger partial charge in [-0.2, -0.15) is 11.8 Å². The van der Waals surface area contributed by atoms with Gasteiger partial charge >= 0.3 is 5.69 Å². The molecule has 3 heterocycles. The first-order valence-electron chi connectivity index (χ1n) is 15.7. The molecule has 2 aromatic heterocycles. The van der Waals surface area contributed by atoms with E-state index in [9.17, 15) is 18.8 Å². The van der Waals surface area contributed by atoms with Gasteiger partial charge in [-0.15, -0.1) is 0 Å². The topological polar surface area (TPSA) is 86.0 Å². The van der Waals surface area contributed by atoms with Gasteiger partial charge in [0.05, 0.1) is 11.6 Å². The number of unbranched alkanes of at least 4 members (excludes halogenated alkanes) is 5. The van der Waals surface area contributed by atoms with Crippen LogP contribution in [0.1, 0.15) is 101 Å². The molecule has 226 valence electrons. The lowest BCUT2D eigenvalue weighted by molar-refractivity contribution is -0.122. The first kappa shape index (κ1) is 30.5. The molecule has 1 saturated heterocycles. The predicted octanol–water partition coefficient (Wildman–Crippen LogP) is 6.34. The Morgan fingerprint density at radius 2 is 1.55 bits per heavy atom. The molecule has 5 rings (SSSR count). The Labute approximate surface area is 251 Å². The number of hydrogen-bond donors (Lipinski definition) is 1. The number of fused-ring (bicyclic) bond motifs is 1. The standard InChI is InChI=1S/C33H43FN4O3S/c34-25-22-29-31(35-23-25)37(28-18-20-42-21-19-28)33(41)38(32(29)40)27-16-14-26(15-17-27)36-30(39)13-9-4-2-1-3-6-10-24-11-7-5-8-12-24/h5,7-8,11-12,22-23,26-28H,1-4,6,9-10,13-21H2,(H,36,39). The number of carbonyl (C=O) groups is 1. The van der Waals surface area contributed by atoms with Crippen LogP contribution in [-0.2, 0) is 11.2 Å². The summed E-state index contributed by atoms with van der Waals surface area (Å²) in [5.41, 5.74) is 0.885. The molecule has 3 aromatic rings. The average molecular weight is 595 g/mol. The number of hydrogen-bond acceptors (Lipinski definition) is 5. The molecule has 42 heavy (non-hydrogen) atoms. The van der Waals surface area contributed by atoms with E-state index in [-0.39, 0.29) is 40.8 Å². The van der Waals surface area contributed by atoms with E-state index in [1.807, 2.05) is 11.8 Å². The summed E-state index contributed by atoms with van der Waals surface area (Å²) in [6.45, 7) is 0. The fourth-order valence-corrected chi connectivity index (χ4v) is 7.63. The largest absolute Gasteiger partial charge is 0.353 e. The Morgan fingerprint density at radius 3 is 2.29 bits per heavy atom. The van der Waals surface area contributed by atoms with Gasteiger partial charge in [-0.25, -0.2) is 14.2 Å². The number of nitrogens with zero attached hydrogens (tertiary/aromatic N) is 3. The van der Waals surface area contributed by atoms with Crippen molar-refractivity contribution in [2.24, 2.45) is 0 Å². The molecule has 7 nitrogen and oxygen atoms in total. The zero-order valence-corrected chi connectivity index (χ0v) is 25.3. The number of aryl methyl sites for hydroxylation is 1. The van der Waals surface area contributed by atoms with Crippen LogP contribution >= 0.6 is 11.8 Å². The van der Waals surface area contributed by atoms with Gasteiger partial charge in [0.1, 0.15) is 11.5 Å². The molecule has 1 aliphatic carbocycles. The summed E-state index contributed by atoms with van der Waals surface area (Å²) in [4.78, 5) is 44.0. The minimum Gasteiger partial charge on any atom is -0.353 e. The van der Waals surface area contributed by atoms with Crippen LogP contribution in [0.25, 0.3) is 11.0 Å². The summed E-state index contributed by atoms with van der Waals surface area (Å²) in [6, 6.07) is 11.6. The Balaban J connectivity index is 1.09. The maximum Gasteiger partial charge on any atom is 0.333 e. The van der Waals surface area contributed by atoms with Crippen LogP contribution in [-0.4, -0.2) is 37.6 Å². The third-order valence-electron chi connectivity index (χ3n) is 8.87. The van der Waals surface area contributed by atoms with E-state index in [0.717, 1.165) is 56.2 Å². The minimum atomic E-state index is -0.579. The normalized spacial score (nSPS) is 19.6. The molecule has 1 amide bonds. The monoisotopic (exact) mass is 594 g/mol. The molecule has 0 unspecified atom stereocenters. The highest BCUT2D eigenvalue weighted by molar-refractivity contribution is 7.99. The van der Waals surface area contributed by atoms with Crippen LogP contribution in [0.4, 0.5) is 4.39 Å². The van der Waals surface area contributed by atoms with Gasteiger partial charge in [0.2, 0.25) is 5.91 Å². The van der Waals surface area contributed by atoms with Crippen LogP contribution in [0.2, 0.25) is 0 Å². The molecule has 1 aromatic carbocycles.